The molecule has 16 heavy (non-hydrogen) atoms. The van der Waals surface area contributed by atoms with Gasteiger partial charge in [0.05, 0.1) is 0 Å². The fraction of sp³-hybridized carbons (Fsp3) is 1.00. The first-order valence-electron chi connectivity index (χ1n) is 6.84. The molecule has 2 aliphatic carbocycles. The summed E-state index contributed by atoms with van der Waals surface area (Å²) in [5, 5.41) is 9.54. The summed E-state index contributed by atoms with van der Waals surface area (Å²) in [6.07, 6.45) is 6.14. The zero-order chi connectivity index (χ0) is 11.6. The highest BCUT2D eigenvalue weighted by atomic mass is 16.5. The van der Waals surface area contributed by atoms with E-state index in [1.165, 1.54) is 19.3 Å². The van der Waals surface area contributed by atoms with Gasteiger partial charge in [0.1, 0.15) is 0 Å². The molecule has 0 bridgehead atoms. The van der Waals surface area contributed by atoms with Crippen LogP contribution >= 0.6 is 0 Å². The Bertz CT molecular complexity index is 215. The predicted molar refractivity (Wildman–Crippen MR) is 65.2 cm³/mol. The minimum atomic E-state index is 0.228. The fourth-order valence-electron chi connectivity index (χ4n) is 3.13. The molecule has 2 atom stereocenters. The minimum absolute atomic E-state index is 0.228. The lowest BCUT2D eigenvalue weighted by atomic mass is 9.81. The summed E-state index contributed by atoms with van der Waals surface area (Å²) in [7, 11) is 0. The average Bonchev–Trinajstić information content (AvgIpc) is 2.86. The smallest absolute Gasteiger partial charge is 0.0488 e. The highest BCUT2D eigenvalue weighted by Crippen LogP contribution is 2.60. The summed E-state index contributed by atoms with van der Waals surface area (Å²) in [6.45, 7) is 6.54. The van der Waals surface area contributed by atoms with Gasteiger partial charge >= 0.3 is 0 Å². The molecule has 0 amide bonds. The zero-order valence-electron chi connectivity index (χ0n) is 10.7. The first-order valence-corrected chi connectivity index (χ1v) is 6.84. The van der Waals surface area contributed by atoms with E-state index in [9.17, 15) is 5.11 Å². The number of fused-ring (bicyclic) bond motifs is 1. The standard InChI is InChI=1S/C14H26O2/c1-11(2)3-5-16-6-4-14(10-15)8-12-7-13(12)9-14/h11-13,15H,3-10H2,1-2H3. The number of aliphatic hydroxyl groups is 1. The van der Waals surface area contributed by atoms with Crippen LogP contribution in [-0.2, 0) is 4.74 Å². The molecule has 2 saturated carbocycles. The zero-order valence-corrected chi connectivity index (χ0v) is 10.7. The van der Waals surface area contributed by atoms with Crippen LogP contribution in [0.5, 0.6) is 0 Å². The topological polar surface area (TPSA) is 29.5 Å². The van der Waals surface area contributed by atoms with Crippen LogP contribution in [0.4, 0.5) is 0 Å². The van der Waals surface area contributed by atoms with E-state index in [0.717, 1.165) is 43.8 Å². The van der Waals surface area contributed by atoms with Crippen LogP contribution < -0.4 is 0 Å². The SMILES string of the molecule is CC(C)CCOCCC1(CO)CC2CC2C1. The molecule has 0 saturated heterocycles. The van der Waals surface area contributed by atoms with E-state index in [4.69, 9.17) is 4.74 Å². The first-order chi connectivity index (χ1) is 7.65. The third-order valence-corrected chi connectivity index (χ3v) is 4.41. The van der Waals surface area contributed by atoms with Gasteiger partial charge in [-0.05, 0) is 55.3 Å². The molecule has 0 heterocycles. The molecule has 0 aromatic rings. The van der Waals surface area contributed by atoms with Crippen LogP contribution in [0.1, 0.15) is 46.0 Å². The second-order valence-electron chi connectivity index (χ2n) is 6.37. The number of ether oxygens (including phenoxy) is 1. The van der Waals surface area contributed by atoms with E-state index >= 15 is 0 Å². The molecule has 0 spiro atoms. The molecule has 94 valence electrons. The maximum atomic E-state index is 9.54. The summed E-state index contributed by atoms with van der Waals surface area (Å²) in [5.74, 6) is 2.62. The van der Waals surface area contributed by atoms with Crippen LogP contribution in [0.2, 0.25) is 0 Å². The average molecular weight is 226 g/mol. The van der Waals surface area contributed by atoms with Gasteiger partial charge < -0.3 is 9.84 Å². The summed E-state index contributed by atoms with van der Waals surface area (Å²) >= 11 is 0. The number of rotatable bonds is 7. The van der Waals surface area contributed by atoms with Crippen molar-refractivity contribution in [3.8, 4) is 0 Å². The molecule has 2 fully saturated rings. The maximum Gasteiger partial charge on any atom is 0.0488 e. The molecule has 2 rings (SSSR count). The van der Waals surface area contributed by atoms with E-state index in [-0.39, 0.29) is 5.41 Å². The van der Waals surface area contributed by atoms with E-state index < -0.39 is 0 Å². The van der Waals surface area contributed by atoms with Crippen molar-refractivity contribution in [2.75, 3.05) is 19.8 Å². The van der Waals surface area contributed by atoms with Crippen LogP contribution in [0, 0.1) is 23.2 Å². The monoisotopic (exact) mass is 226 g/mol. The molecule has 0 aromatic heterocycles. The molecular weight excluding hydrogens is 200 g/mol. The third kappa shape index (κ3) is 2.98. The Morgan fingerprint density at radius 3 is 2.50 bits per heavy atom. The van der Waals surface area contributed by atoms with E-state index in [0.29, 0.717) is 6.61 Å². The molecule has 2 unspecified atom stereocenters. The maximum absolute atomic E-state index is 9.54. The fourth-order valence-corrected chi connectivity index (χ4v) is 3.13. The van der Waals surface area contributed by atoms with Gasteiger partial charge in [-0.25, -0.2) is 0 Å². The number of hydrogen-bond donors (Lipinski definition) is 1. The Hall–Kier alpha value is -0.0800. The number of aliphatic hydroxyl groups excluding tert-OH is 1. The minimum Gasteiger partial charge on any atom is -0.396 e. The Balaban J connectivity index is 1.61. The van der Waals surface area contributed by atoms with Crippen molar-refractivity contribution in [3.05, 3.63) is 0 Å². The highest BCUT2D eigenvalue weighted by Gasteiger charge is 2.52. The normalized spacial score (nSPS) is 36.8. The van der Waals surface area contributed by atoms with Gasteiger partial charge in [-0.3, -0.25) is 0 Å². The summed E-state index contributed by atoms with van der Waals surface area (Å²) in [5.41, 5.74) is 0.228. The molecule has 1 N–H and O–H groups in total. The first kappa shape index (κ1) is 12.4. The number of hydrogen-bond acceptors (Lipinski definition) is 2. The van der Waals surface area contributed by atoms with Crippen LogP contribution in [-0.4, -0.2) is 24.9 Å². The van der Waals surface area contributed by atoms with Crippen molar-refractivity contribution in [3.63, 3.8) is 0 Å². The second kappa shape index (κ2) is 5.05. The Labute approximate surface area is 99.4 Å². The van der Waals surface area contributed by atoms with Gasteiger partial charge in [0.2, 0.25) is 0 Å². The summed E-state index contributed by atoms with van der Waals surface area (Å²) in [4.78, 5) is 0. The third-order valence-electron chi connectivity index (χ3n) is 4.41. The second-order valence-corrected chi connectivity index (χ2v) is 6.37. The van der Waals surface area contributed by atoms with Gasteiger partial charge in [-0.15, -0.1) is 0 Å². The lowest BCUT2D eigenvalue weighted by molar-refractivity contribution is 0.0494. The van der Waals surface area contributed by atoms with Crippen molar-refractivity contribution in [1.82, 2.24) is 0 Å². The van der Waals surface area contributed by atoms with Crippen LogP contribution in [0.25, 0.3) is 0 Å². The van der Waals surface area contributed by atoms with Crippen molar-refractivity contribution in [2.24, 2.45) is 23.2 Å². The van der Waals surface area contributed by atoms with Gasteiger partial charge in [0, 0.05) is 19.8 Å². The largest absolute Gasteiger partial charge is 0.396 e. The van der Waals surface area contributed by atoms with Crippen LogP contribution in [0.15, 0.2) is 0 Å². The molecule has 2 heteroatoms. The van der Waals surface area contributed by atoms with Crippen molar-refractivity contribution in [1.29, 1.82) is 0 Å². The van der Waals surface area contributed by atoms with Crippen LogP contribution in [0.3, 0.4) is 0 Å². The van der Waals surface area contributed by atoms with Gasteiger partial charge in [-0.2, -0.15) is 0 Å². The van der Waals surface area contributed by atoms with Crippen molar-refractivity contribution >= 4 is 0 Å². The lowest BCUT2D eigenvalue weighted by Crippen LogP contribution is -2.25. The lowest BCUT2D eigenvalue weighted by Gasteiger charge is -2.28. The van der Waals surface area contributed by atoms with Gasteiger partial charge in [0.25, 0.3) is 0 Å². The molecule has 0 aliphatic heterocycles. The molecule has 0 radical (unpaired) electrons. The summed E-state index contributed by atoms with van der Waals surface area (Å²) < 4.78 is 5.67. The van der Waals surface area contributed by atoms with Gasteiger partial charge in [0.15, 0.2) is 0 Å². The van der Waals surface area contributed by atoms with Crippen molar-refractivity contribution < 1.29 is 9.84 Å². The Kier molecular flexibility index (Phi) is 3.91. The van der Waals surface area contributed by atoms with E-state index in [2.05, 4.69) is 13.8 Å². The van der Waals surface area contributed by atoms with Crippen molar-refractivity contribution in [2.45, 2.75) is 46.0 Å². The molecule has 2 nitrogen and oxygen atoms in total. The molecule has 0 aromatic carbocycles. The Morgan fingerprint density at radius 1 is 1.25 bits per heavy atom. The Morgan fingerprint density at radius 2 is 1.94 bits per heavy atom. The predicted octanol–water partition coefficient (Wildman–Crippen LogP) is 2.85. The van der Waals surface area contributed by atoms with Gasteiger partial charge in [-0.1, -0.05) is 13.8 Å². The molecular formula is C14H26O2. The highest BCUT2D eigenvalue weighted by molar-refractivity contribution is 5.02. The quantitative estimate of drug-likeness (QED) is 0.676. The molecule has 2 aliphatic rings. The van der Waals surface area contributed by atoms with E-state index in [1.54, 1.807) is 0 Å². The summed E-state index contributed by atoms with van der Waals surface area (Å²) in [6, 6.07) is 0. The van der Waals surface area contributed by atoms with E-state index in [1.807, 2.05) is 0 Å².